The molecule has 2 heterocycles. The van der Waals surface area contributed by atoms with Crippen molar-refractivity contribution in [2.24, 2.45) is 5.73 Å². The number of thioether (sulfide) groups is 1. The summed E-state index contributed by atoms with van der Waals surface area (Å²) in [6.07, 6.45) is 0.161. The van der Waals surface area contributed by atoms with Crippen molar-refractivity contribution in [3.8, 4) is 10.7 Å². The number of aromatic nitrogens is 3. The Morgan fingerprint density at radius 2 is 1.65 bits per heavy atom. The van der Waals surface area contributed by atoms with Gasteiger partial charge in [-0.15, -0.1) is 21.5 Å². The zero-order valence-electron chi connectivity index (χ0n) is 18.6. The summed E-state index contributed by atoms with van der Waals surface area (Å²) in [4.78, 5) is 25.6. The van der Waals surface area contributed by atoms with Gasteiger partial charge in [0.05, 0.1) is 16.2 Å². The molecule has 3 N–H and O–H groups in total. The van der Waals surface area contributed by atoms with Crippen molar-refractivity contribution in [3.63, 3.8) is 0 Å². The van der Waals surface area contributed by atoms with Crippen LogP contribution in [-0.2, 0) is 16.1 Å². The number of carbonyl (C=O) groups excluding carboxylic acids is 2. The minimum atomic E-state index is -0.442. The molecule has 0 bridgehead atoms. The summed E-state index contributed by atoms with van der Waals surface area (Å²) in [5.74, 6) is 0.142. The maximum atomic E-state index is 13.3. The number of carbonyl (C=O) groups is 2. The van der Waals surface area contributed by atoms with Crippen LogP contribution >= 0.6 is 23.1 Å². The summed E-state index contributed by atoms with van der Waals surface area (Å²) in [5.41, 5.74) is 7.39. The van der Waals surface area contributed by atoms with Crippen LogP contribution in [-0.4, -0.2) is 31.8 Å². The molecule has 0 aliphatic rings. The predicted molar refractivity (Wildman–Crippen MR) is 135 cm³/mol. The first-order valence-electron chi connectivity index (χ1n) is 10.8. The Labute approximate surface area is 206 Å². The average molecular weight is 492 g/mol. The molecule has 0 fully saturated rings. The van der Waals surface area contributed by atoms with Gasteiger partial charge in [0, 0.05) is 13.0 Å². The minimum Gasteiger partial charge on any atom is -0.370 e. The Hall–Kier alpha value is -3.43. The number of hydrogen-bond donors (Lipinski definition) is 2. The second kappa shape index (κ2) is 11.1. The molecular formula is C25H25N5O2S2. The van der Waals surface area contributed by atoms with E-state index in [-0.39, 0.29) is 18.4 Å². The third kappa shape index (κ3) is 5.73. The van der Waals surface area contributed by atoms with Gasteiger partial charge < -0.3 is 15.6 Å². The van der Waals surface area contributed by atoms with Crippen molar-refractivity contribution >= 4 is 34.9 Å². The number of benzene rings is 2. The van der Waals surface area contributed by atoms with Crippen LogP contribution < -0.4 is 11.1 Å². The summed E-state index contributed by atoms with van der Waals surface area (Å²) in [6.45, 7) is 2.19. The molecule has 2 aromatic carbocycles. The normalized spacial score (nSPS) is 11.9. The average Bonchev–Trinajstić information content (AvgIpc) is 3.52. The smallest absolute Gasteiger partial charge is 0.234 e. The first kappa shape index (κ1) is 23.7. The summed E-state index contributed by atoms with van der Waals surface area (Å²) in [7, 11) is 0. The summed E-state index contributed by atoms with van der Waals surface area (Å²) >= 11 is 2.85. The Morgan fingerprint density at radius 1 is 1.00 bits per heavy atom. The molecule has 9 heteroatoms. The number of hydrogen-bond acceptors (Lipinski definition) is 6. The predicted octanol–water partition coefficient (Wildman–Crippen LogP) is 4.27. The number of amides is 2. The molecule has 4 aromatic rings. The van der Waals surface area contributed by atoms with E-state index < -0.39 is 11.2 Å². The van der Waals surface area contributed by atoms with Gasteiger partial charge in [-0.25, -0.2) is 0 Å². The third-order valence-electron chi connectivity index (χ3n) is 5.24. The quantitative estimate of drug-likeness (QED) is 0.323. The van der Waals surface area contributed by atoms with Gasteiger partial charge in [0.15, 0.2) is 11.0 Å². The van der Waals surface area contributed by atoms with Gasteiger partial charge in [0.25, 0.3) is 0 Å². The van der Waals surface area contributed by atoms with E-state index in [0.29, 0.717) is 17.5 Å². The molecule has 7 nitrogen and oxygen atoms in total. The highest BCUT2D eigenvalue weighted by Gasteiger charge is 2.24. The van der Waals surface area contributed by atoms with Crippen molar-refractivity contribution in [1.29, 1.82) is 0 Å². The molecule has 2 aromatic heterocycles. The van der Waals surface area contributed by atoms with Gasteiger partial charge in [-0.2, -0.15) is 0 Å². The fraction of sp³-hybridized carbons (Fsp3) is 0.200. The van der Waals surface area contributed by atoms with E-state index in [1.54, 1.807) is 0 Å². The van der Waals surface area contributed by atoms with E-state index in [1.807, 2.05) is 89.7 Å². The molecule has 0 aliphatic heterocycles. The molecule has 1 unspecified atom stereocenters. The van der Waals surface area contributed by atoms with Gasteiger partial charge in [-0.3, -0.25) is 9.59 Å². The molecule has 0 aliphatic carbocycles. The number of rotatable bonds is 10. The lowest BCUT2D eigenvalue weighted by Crippen LogP contribution is -2.35. The van der Waals surface area contributed by atoms with Gasteiger partial charge in [-0.1, -0.05) is 78.5 Å². The van der Waals surface area contributed by atoms with Crippen LogP contribution in [0.4, 0.5) is 0 Å². The number of primary amides is 1. The summed E-state index contributed by atoms with van der Waals surface area (Å²) < 4.78 is 1.86. The second-order valence-corrected chi connectivity index (χ2v) is 9.93. The monoisotopic (exact) mass is 491 g/mol. The largest absolute Gasteiger partial charge is 0.370 e. The van der Waals surface area contributed by atoms with Gasteiger partial charge in [0.1, 0.15) is 0 Å². The Morgan fingerprint density at radius 3 is 2.21 bits per heavy atom. The van der Waals surface area contributed by atoms with Crippen molar-refractivity contribution in [3.05, 3.63) is 89.3 Å². The number of nitrogens with one attached hydrogen (secondary N) is 1. The first-order valence-corrected chi connectivity index (χ1v) is 12.6. The van der Waals surface area contributed by atoms with Crippen LogP contribution in [0.2, 0.25) is 0 Å². The van der Waals surface area contributed by atoms with E-state index in [9.17, 15) is 9.59 Å². The van der Waals surface area contributed by atoms with Crippen LogP contribution in [0, 0.1) is 0 Å². The van der Waals surface area contributed by atoms with Crippen molar-refractivity contribution in [2.75, 3.05) is 0 Å². The molecule has 4 rings (SSSR count). The van der Waals surface area contributed by atoms with Crippen LogP contribution in [0.15, 0.2) is 83.3 Å². The Balaban J connectivity index is 1.54. The maximum Gasteiger partial charge on any atom is 0.234 e. The lowest BCUT2D eigenvalue weighted by molar-refractivity contribution is -0.121. The maximum absolute atomic E-state index is 13.3. The zero-order chi connectivity index (χ0) is 23.9. The molecule has 0 saturated heterocycles. The Kier molecular flexibility index (Phi) is 7.76. The van der Waals surface area contributed by atoms with Crippen molar-refractivity contribution < 1.29 is 9.59 Å². The summed E-state index contributed by atoms with van der Waals surface area (Å²) in [6, 6.07) is 23.4. The highest BCUT2D eigenvalue weighted by atomic mass is 32.2. The van der Waals surface area contributed by atoms with Crippen LogP contribution in [0.3, 0.4) is 0 Å². The molecule has 0 spiro atoms. The fourth-order valence-corrected chi connectivity index (χ4v) is 5.11. The van der Waals surface area contributed by atoms with E-state index in [4.69, 9.17) is 5.73 Å². The molecular weight excluding hydrogens is 466 g/mol. The molecule has 1 atom stereocenters. The highest BCUT2D eigenvalue weighted by molar-refractivity contribution is 8.00. The number of thiophene rings is 1. The van der Waals surface area contributed by atoms with Gasteiger partial charge in [-0.05, 0) is 29.5 Å². The lowest BCUT2D eigenvalue weighted by atomic mass is 9.98. The van der Waals surface area contributed by atoms with Crippen LogP contribution in [0.1, 0.15) is 30.5 Å². The fourth-order valence-electron chi connectivity index (χ4n) is 3.51. The minimum absolute atomic E-state index is 0.121. The topological polar surface area (TPSA) is 103 Å². The third-order valence-corrected chi connectivity index (χ3v) is 7.19. The molecule has 2 amide bonds. The SMILES string of the molecule is CC(Sc1nnc(-c2cccs2)n1CCC(N)=O)C(=O)NC(c1ccccc1)c1ccccc1. The lowest BCUT2D eigenvalue weighted by Gasteiger charge is -2.22. The van der Waals surface area contributed by atoms with E-state index in [0.717, 1.165) is 16.0 Å². The molecule has 174 valence electrons. The van der Waals surface area contributed by atoms with E-state index in [2.05, 4.69) is 15.5 Å². The van der Waals surface area contributed by atoms with Gasteiger partial charge in [0.2, 0.25) is 11.8 Å². The van der Waals surface area contributed by atoms with E-state index >= 15 is 0 Å². The molecule has 34 heavy (non-hydrogen) atoms. The second-order valence-electron chi connectivity index (χ2n) is 7.67. The van der Waals surface area contributed by atoms with Crippen molar-refractivity contribution in [1.82, 2.24) is 20.1 Å². The Bertz CT molecular complexity index is 1190. The zero-order valence-corrected chi connectivity index (χ0v) is 20.3. The first-order chi connectivity index (χ1) is 16.5. The molecule has 0 saturated carbocycles. The number of nitrogens with zero attached hydrogens (tertiary/aromatic N) is 3. The highest BCUT2D eigenvalue weighted by Crippen LogP contribution is 2.30. The molecule has 0 radical (unpaired) electrons. The van der Waals surface area contributed by atoms with E-state index in [1.165, 1.54) is 23.1 Å². The summed E-state index contributed by atoms with van der Waals surface area (Å²) in [5, 5.41) is 13.9. The van der Waals surface area contributed by atoms with Crippen LogP contribution in [0.5, 0.6) is 0 Å². The number of nitrogens with two attached hydrogens (primary N) is 1. The van der Waals surface area contributed by atoms with Gasteiger partial charge >= 0.3 is 0 Å². The van der Waals surface area contributed by atoms with Crippen molar-refractivity contribution in [2.45, 2.75) is 36.3 Å². The van der Waals surface area contributed by atoms with Crippen LogP contribution in [0.25, 0.3) is 10.7 Å². The standard InChI is InChI=1S/C25H25N5O2S2/c1-17(24(32)27-22(18-9-4-2-5-10-18)19-11-6-3-7-12-19)34-25-29-28-23(20-13-8-16-33-20)30(25)15-14-21(26)31/h2-13,16-17,22H,14-15H2,1H3,(H2,26,31)(H,27,32).